The molecule has 3 nitrogen and oxygen atoms in total. The summed E-state index contributed by atoms with van der Waals surface area (Å²) < 4.78 is 12.2. The van der Waals surface area contributed by atoms with E-state index in [1.165, 1.54) is 0 Å². The number of carbonyl (C=O) groups is 1. The first-order valence-corrected chi connectivity index (χ1v) is 7.82. The molecule has 2 aromatic carbocycles. The maximum Gasteiger partial charge on any atom is 0.239 e. The fourth-order valence-corrected chi connectivity index (χ4v) is 2.82. The van der Waals surface area contributed by atoms with Crippen molar-refractivity contribution in [3.63, 3.8) is 0 Å². The van der Waals surface area contributed by atoms with Crippen LogP contribution in [0, 0.1) is 0 Å². The molecule has 1 N–H and O–H groups in total. The van der Waals surface area contributed by atoms with Crippen molar-refractivity contribution >= 4 is 22.4 Å². The van der Waals surface area contributed by atoms with Crippen molar-refractivity contribution in [2.45, 2.75) is 17.9 Å². The van der Waals surface area contributed by atoms with Gasteiger partial charge in [0.2, 0.25) is 5.91 Å². The van der Waals surface area contributed by atoms with Crippen LogP contribution in [0.3, 0.4) is 0 Å². The van der Waals surface area contributed by atoms with Gasteiger partial charge < -0.3 is 5.32 Å². The molecule has 0 spiro atoms. The summed E-state index contributed by atoms with van der Waals surface area (Å²) in [5.41, 5.74) is 1.70. The number of hydrogen-bond acceptors (Lipinski definition) is 2. The zero-order valence-corrected chi connectivity index (χ0v) is 12.1. The number of amides is 1. The van der Waals surface area contributed by atoms with Gasteiger partial charge in [-0.2, -0.15) is 0 Å². The van der Waals surface area contributed by atoms with Crippen LogP contribution in [0.5, 0.6) is 0 Å². The molecule has 4 heteroatoms. The maximum atomic E-state index is 12.2. The van der Waals surface area contributed by atoms with E-state index in [-0.39, 0.29) is 5.91 Å². The Kier molecular flexibility index (Phi) is 5.07. The highest BCUT2D eigenvalue weighted by atomic mass is 32.2. The molecule has 1 amide bonds. The van der Waals surface area contributed by atoms with Gasteiger partial charge in [-0.05, 0) is 24.6 Å². The van der Waals surface area contributed by atoms with E-state index in [9.17, 15) is 9.00 Å². The molecule has 0 radical (unpaired) electrons. The molecule has 0 heterocycles. The SMILES string of the molecule is C[C@H](C(=O)Nc1ccccc1)[S@@](=O)Cc1ccccc1. The smallest absolute Gasteiger partial charge is 0.239 e. The van der Waals surface area contributed by atoms with Crippen LogP contribution < -0.4 is 5.32 Å². The van der Waals surface area contributed by atoms with Crippen molar-refractivity contribution in [3.8, 4) is 0 Å². The summed E-state index contributed by atoms with van der Waals surface area (Å²) in [7, 11) is -1.23. The quantitative estimate of drug-likeness (QED) is 0.919. The van der Waals surface area contributed by atoms with Crippen LogP contribution in [0.4, 0.5) is 5.69 Å². The van der Waals surface area contributed by atoms with E-state index in [0.29, 0.717) is 5.75 Å². The summed E-state index contributed by atoms with van der Waals surface area (Å²) in [6, 6.07) is 18.8. The molecule has 0 unspecified atom stereocenters. The lowest BCUT2D eigenvalue weighted by molar-refractivity contribution is -0.115. The van der Waals surface area contributed by atoms with E-state index in [1.807, 2.05) is 60.7 Å². The fourth-order valence-electron chi connectivity index (χ4n) is 1.75. The monoisotopic (exact) mass is 287 g/mol. The first kappa shape index (κ1) is 14.5. The molecule has 0 bridgehead atoms. The Hall–Kier alpha value is -1.94. The van der Waals surface area contributed by atoms with Crippen LogP contribution in [0.1, 0.15) is 12.5 Å². The molecule has 0 fully saturated rings. The number of hydrogen-bond donors (Lipinski definition) is 1. The summed E-state index contributed by atoms with van der Waals surface area (Å²) in [5, 5.41) is 2.23. The topological polar surface area (TPSA) is 46.2 Å². The van der Waals surface area contributed by atoms with Crippen molar-refractivity contribution in [2.24, 2.45) is 0 Å². The number of rotatable bonds is 5. The van der Waals surface area contributed by atoms with E-state index in [1.54, 1.807) is 6.92 Å². The first-order chi connectivity index (χ1) is 9.66. The summed E-state index contributed by atoms with van der Waals surface area (Å²) in [6.07, 6.45) is 0. The molecule has 0 aromatic heterocycles. The second kappa shape index (κ2) is 7.01. The van der Waals surface area contributed by atoms with Gasteiger partial charge in [-0.3, -0.25) is 9.00 Å². The standard InChI is InChI=1S/C16H17NO2S/c1-13(16(18)17-15-10-6-3-7-11-15)20(19)12-14-8-4-2-5-9-14/h2-11,13H,12H2,1H3,(H,17,18)/t13-,20+/m1/s1. The van der Waals surface area contributed by atoms with Gasteiger partial charge in [0.05, 0.1) is 0 Å². The summed E-state index contributed by atoms with van der Waals surface area (Å²) in [4.78, 5) is 12.0. The Labute approximate surface area is 121 Å². The second-order valence-electron chi connectivity index (χ2n) is 4.51. The number of benzene rings is 2. The lowest BCUT2D eigenvalue weighted by atomic mass is 10.2. The van der Waals surface area contributed by atoms with Crippen molar-refractivity contribution in [2.75, 3.05) is 5.32 Å². The van der Waals surface area contributed by atoms with E-state index in [0.717, 1.165) is 11.3 Å². The lowest BCUT2D eigenvalue weighted by Crippen LogP contribution is -2.29. The predicted molar refractivity (Wildman–Crippen MR) is 82.8 cm³/mol. The maximum absolute atomic E-state index is 12.2. The van der Waals surface area contributed by atoms with E-state index in [4.69, 9.17) is 0 Å². The van der Waals surface area contributed by atoms with Crippen LogP contribution in [-0.2, 0) is 21.3 Å². The third-order valence-corrected chi connectivity index (χ3v) is 4.58. The van der Waals surface area contributed by atoms with Crippen molar-refractivity contribution in [1.29, 1.82) is 0 Å². The van der Waals surface area contributed by atoms with Crippen LogP contribution in [-0.4, -0.2) is 15.4 Å². The molecule has 2 rings (SSSR count). The number of nitrogens with one attached hydrogen (secondary N) is 1. The zero-order chi connectivity index (χ0) is 14.4. The molecule has 2 atom stereocenters. The average Bonchev–Trinajstić information content (AvgIpc) is 2.48. The average molecular weight is 287 g/mol. The molecule has 0 saturated carbocycles. The van der Waals surface area contributed by atoms with E-state index >= 15 is 0 Å². The third-order valence-electron chi connectivity index (χ3n) is 2.96. The normalized spacial score (nSPS) is 13.4. The van der Waals surface area contributed by atoms with Gasteiger partial charge in [-0.1, -0.05) is 48.5 Å². The van der Waals surface area contributed by atoms with Gasteiger partial charge in [0.15, 0.2) is 0 Å². The molecule has 104 valence electrons. The molecule has 0 aliphatic heterocycles. The summed E-state index contributed by atoms with van der Waals surface area (Å²) in [5.74, 6) is 0.176. The highest BCUT2D eigenvalue weighted by Gasteiger charge is 2.20. The molecule has 0 aliphatic rings. The third kappa shape index (κ3) is 4.03. The molecule has 0 saturated heterocycles. The van der Waals surface area contributed by atoms with E-state index in [2.05, 4.69) is 5.32 Å². The molecule has 2 aromatic rings. The van der Waals surface area contributed by atoms with E-state index < -0.39 is 16.0 Å². The Bertz CT molecular complexity index is 530. The van der Waals surface area contributed by atoms with Crippen LogP contribution in [0.25, 0.3) is 0 Å². The second-order valence-corrected chi connectivity index (χ2v) is 6.27. The number of anilines is 1. The molecule has 20 heavy (non-hydrogen) atoms. The lowest BCUT2D eigenvalue weighted by Gasteiger charge is -2.12. The minimum Gasteiger partial charge on any atom is -0.325 e. The van der Waals surface area contributed by atoms with Crippen LogP contribution in [0.2, 0.25) is 0 Å². The molecular weight excluding hydrogens is 270 g/mol. The molecular formula is C16H17NO2S. The highest BCUT2D eigenvalue weighted by Crippen LogP contribution is 2.10. The Balaban J connectivity index is 1.95. The Morgan fingerprint density at radius 2 is 1.60 bits per heavy atom. The van der Waals surface area contributed by atoms with Crippen molar-refractivity contribution < 1.29 is 9.00 Å². The van der Waals surface area contributed by atoms with Gasteiger partial charge in [0.1, 0.15) is 5.25 Å². The molecule has 0 aliphatic carbocycles. The Morgan fingerprint density at radius 3 is 2.20 bits per heavy atom. The van der Waals surface area contributed by atoms with Gasteiger partial charge in [-0.15, -0.1) is 0 Å². The minimum atomic E-state index is -1.23. The van der Waals surface area contributed by atoms with Crippen LogP contribution >= 0.6 is 0 Å². The number of para-hydroxylation sites is 1. The minimum absolute atomic E-state index is 0.217. The highest BCUT2D eigenvalue weighted by molar-refractivity contribution is 7.85. The van der Waals surface area contributed by atoms with Crippen molar-refractivity contribution in [3.05, 3.63) is 66.2 Å². The zero-order valence-electron chi connectivity index (χ0n) is 11.3. The van der Waals surface area contributed by atoms with Gasteiger partial charge in [0.25, 0.3) is 0 Å². The first-order valence-electron chi connectivity index (χ1n) is 6.44. The van der Waals surface area contributed by atoms with Gasteiger partial charge in [0, 0.05) is 22.2 Å². The van der Waals surface area contributed by atoms with Crippen LogP contribution in [0.15, 0.2) is 60.7 Å². The fraction of sp³-hybridized carbons (Fsp3) is 0.188. The summed E-state index contributed by atoms with van der Waals surface area (Å²) >= 11 is 0. The van der Waals surface area contributed by atoms with Crippen molar-refractivity contribution in [1.82, 2.24) is 0 Å². The van der Waals surface area contributed by atoms with Gasteiger partial charge in [-0.25, -0.2) is 0 Å². The predicted octanol–water partition coefficient (Wildman–Crippen LogP) is 2.96. The van der Waals surface area contributed by atoms with Gasteiger partial charge >= 0.3 is 0 Å². The summed E-state index contributed by atoms with van der Waals surface area (Å²) in [6.45, 7) is 1.69. The Morgan fingerprint density at radius 1 is 1.05 bits per heavy atom. The largest absolute Gasteiger partial charge is 0.325 e. The number of carbonyl (C=O) groups excluding carboxylic acids is 1.